The lowest BCUT2D eigenvalue weighted by Gasteiger charge is -2.37. The first kappa shape index (κ1) is 13.3. The molecule has 104 valence electrons. The van der Waals surface area contributed by atoms with Crippen LogP contribution in [0.2, 0.25) is 10.2 Å². The molecule has 4 nitrogen and oxygen atoms in total. The molecule has 2 atom stereocenters. The van der Waals surface area contributed by atoms with Crippen molar-refractivity contribution in [3.63, 3.8) is 0 Å². The first-order valence-corrected chi connectivity index (χ1v) is 7.28. The van der Waals surface area contributed by atoms with Crippen molar-refractivity contribution in [1.29, 1.82) is 0 Å². The molecule has 3 rings (SSSR count). The van der Waals surface area contributed by atoms with Gasteiger partial charge < -0.3 is 14.2 Å². The second-order valence-corrected chi connectivity index (χ2v) is 5.90. The van der Waals surface area contributed by atoms with Crippen molar-refractivity contribution >= 4 is 29.1 Å². The van der Waals surface area contributed by atoms with E-state index in [2.05, 4.69) is 0 Å². The standard InChI is InChI=1S/C13H16Cl2N2O2/c1-16-10(7-8(14)12(16)15)13(18)17-5-6-19-11-4-2-3-9(11)17/h7,9,11H,2-6H2,1H3/t9-,11-/m0/s1. The monoisotopic (exact) mass is 302 g/mol. The molecule has 0 bridgehead atoms. The summed E-state index contributed by atoms with van der Waals surface area (Å²) in [7, 11) is 1.76. The number of nitrogens with zero attached hydrogens (tertiary/aromatic N) is 2. The second-order valence-electron chi connectivity index (χ2n) is 5.13. The third-order valence-corrected chi connectivity index (χ3v) is 4.92. The highest BCUT2D eigenvalue weighted by molar-refractivity contribution is 6.41. The first-order valence-electron chi connectivity index (χ1n) is 6.53. The first-order chi connectivity index (χ1) is 9.09. The van der Waals surface area contributed by atoms with Crippen LogP contribution in [0.15, 0.2) is 6.07 Å². The second kappa shape index (κ2) is 5.00. The molecule has 1 aromatic heterocycles. The molecular formula is C13H16Cl2N2O2. The summed E-state index contributed by atoms with van der Waals surface area (Å²) in [6.45, 7) is 1.25. The van der Waals surface area contributed by atoms with Crippen LogP contribution in [0.3, 0.4) is 0 Å². The minimum Gasteiger partial charge on any atom is -0.374 e. The van der Waals surface area contributed by atoms with Gasteiger partial charge >= 0.3 is 0 Å². The molecule has 1 saturated heterocycles. The molecule has 0 radical (unpaired) electrons. The minimum atomic E-state index is -0.00324. The minimum absolute atomic E-state index is 0.00324. The number of rotatable bonds is 1. The number of carbonyl (C=O) groups is 1. The Bertz CT molecular complexity index is 515. The molecule has 0 spiro atoms. The van der Waals surface area contributed by atoms with Gasteiger partial charge in [0.25, 0.3) is 5.91 Å². The predicted octanol–water partition coefficient (Wildman–Crippen LogP) is 2.73. The molecule has 1 aliphatic heterocycles. The fourth-order valence-electron chi connectivity index (χ4n) is 3.07. The number of hydrogen-bond donors (Lipinski definition) is 0. The van der Waals surface area contributed by atoms with Crippen LogP contribution in [-0.4, -0.2) is 40.7 Å². The number of aromatic nitrogens is 1. The van der Waals surface area contributed by atoms with Crippen LogP contribution in [0.25, 0.3) is 0 Å². The molecule has 0 aromatic carbocycles. The van der Waals surface area contributed by atoms with Gasteiger partial charge in [-0.3, -0.25) is 4.79 Å². The van der Waals surface area contributed by atoms with Gasteiger partial charge in [-0.25, -0.2) is 0 Å². The largest absolute Gasteiger partial charge is 0.374 e. The van der Waals surface area contributed by atoms with E-state index in [1.54, 1.807) is 17.7 Å². The third kappa shape index (κ3) is 2.16. The Morgan fingerprint density at radius 1 is 1.42 bits per heavy atom. The zero-order valence-corrected chi connectivity index (χ0v) is 12.2. The molecule has 6 heteroatoms. The van der Waals surface area contributed by atoms with Gasteiger partial charge in [0.15, 0.2) is 0 Å². The Balaban J connectivity index is 1.88. The number of carbonyl (C=O) groups excluding carboxylic acids is 1. The van der Waals surface area contributed by atoms with Crippen molar-refractivity contribution in [3.05, 3.63) is 21.9 Å². The molecule has 1 aromatic rings. The van der Waals surface area contributed by atoms with E-state index >= 15 is 0 Å². The number of amides is 1. The van der Waals surface area contributed by atoms with Gasteiger partial charge in [0.2, 0.25) is 0 Å². The average Bonchev–Trinajstić information content (AvgIpc) is 2.98. The van der Waals surface area contributed by atoms with Crippen LogP contribution in [-0.2, 0) is 11.8 Å². The summed E-state index contributed by atoms with van der Waals surface area (Å²) < 4.78 is 7.37. The number of ether oxygens (including phenoxy) is 1. The van der Waals surface area contributed by atoms with Crippen molar-refractivity contribution in [2.45, 2.75) is 31.4 Å². The summed E-state index contributed by atoms with van der Waals surface area (Å²) in [6, 6.07) is 1.85. The Hall–Kier alpha value is -0.710. The molecule has 1 amide bonds. The predicted molar refractivity (Wildman–Crippen MR) is 73.8 cm³/mol. The number of halogens is 2. The van der Waals surface area contributed by atoms with Gasteiger partial charge in [0.05, 0.1) is 23.8 Å². The SMILES string of the molecule is Cn1c(C(=O)N2CCO[C@H]3CCC[C@@H]32)cc(Cl)c1Cl. The fourth-order valence-corrected chi connectivity index (χ4v) is 3.45. The van der Waals surface area contributed by atoms with Crippen molar-refractivity contribution in [2.24, 2.45) is 7.05 Å². The lowest BCUT2D eigenvalue weighted by Crippen LogP contribution is -2.51. The molecule has 1 aliphatic carbocycles. The molecule has 0 N–H and O–H groups in total. The van der Waals surface area contributed by atoms with Crippen molar-refractivity contribution in [2.75, 3.05) is 13.2 Å². The summed E-state index contributed by atoms with van der Waals surface area (Å²) in [5, 5.41) is 0.824. The van der Waals surface area contributed by atoms with Crippen LogP contribution >= 0.6 is 23.2 Å². The Kier molecular flexibility index (Phi) is 3.50. The van der Waals surface area contributed by atoms with Crippen molar-refractivity contribution in [3.8, 4) is 0 Å². The molecule has 2 aliphatic rings. The van der Waals surface area contributed by atoms with Gasteiger partial charge in [-0.2, -0.15) is 0 Å². The van der Waals surface area contributed by atoms with E-state index < -0.39 is 0 Å². The quantitative estimate of drug-likeness (QED) is 0.799. The van der Waals surface area contributed by atoms with E-state index in [0.717, 1.165) is 19.3 Å². The Morgan fingerprint density at radius 2 is 2.21 bits per heavy atom. The Morgan fingerprint density at radius 3 is 2.89 bits per heavy atom. The van der Waals surface area contributed by atoms with Gasteiger partial charge in [0, 0.05) is 13.6 Å². The molecule has 2 fully saturated rings. The zero-order chi connectivity index (χ0) is 13.6. The van der Waals surface area contributed by atoms with Crippen LogP contribution in [0.5, 0.6) is 0 Å². The topological polar surface area (TPSA) is 34.5 Å². The number of fused-ring (bicyclic) bond motifs is 1. The lowest BCUT2D eigenvalue weighted by molar-refractivity contribution is -0.0448. The molecule has 0 unspecified atom stereocenters. The highest BCUT2D eigenvalue weighted by atomic mass is 35.5. The van der Waals surface area contributed by atoms with E-state index in [9.17, 15) is 4.79 Å². The molecule has 19 heavy (non-hydrogen) atoms. The molecular weight excluding hydrogens is 287 g/mol. The maximum atomic E-state index is 12.7. The summed E-state index contributed by atoms with van der Waals surface area (Å²) in [6.07, 6.45) is 3.38. The highest BCUT2D eigenvalue weighted by Crippen LogP contribution is 2.32. The normalized spacial score (nSPS) is 26.6. The maximum absolute atomic E-state index is 12.7. The average molecular weight is 303 g/mol. The van der Waals surface area contributed by atoms with E-state index in [-0.39, 0.29) is 18.1 Å². The summed E-state index contributed by atoms with van der Waals surface area (Å²) in [5.41, 5.74) is 0.544. The maximum Gasteiger partial charge on any atom is 0.270 e. The lowest BCUT2D eigenvalue weighted by atomic mass is 10.1. The van der Waals surface area contributed by atoms with E-state index in [0.29, 0.717) is 29.0 Å². The van der Waals surface area contributed by atoms with Crippen molar-refractivity contribution < 1.29 is 9.53 Å². The summed E-state index contributed by atoms with van der Waals surface area (Å²) in [5.74, 6) is -0.00324. The Labute approximate surface area is 122 Å². The fraction of sp³-hybridized carbons (Fsp3) is 0.615. The van der Waals surface area contributed by atoms with E-state index in [1.807, 2.05) is 4.90 Å². The summed E-state index contributed by atoms with van der Waals surface area (Å²) in [4.78, 5) is 14.6. The number of morpholine rings is 1. The van der Waals surface area contributed by atoms with Gasteiger partial charge in [-0.15, -0.1) is 0 Å². The van der Waals surface area contributed by atoms with Gasteiger partial charge in [0.1, 0.15) is 10.8 Å². The number of hydrogen-bond acceptors (Lipinski definition) is 2. The van der Waals surface area contributed by atoms with Crippen LogP contribution in [0.1, 0.15) is 29.8 Å². The van der Waals surface area contributed by atoms with Crippen LogP contribution < -0.4 is 0 Å². The van der Waals surface area contributed by atoms with Crippen LogP contribution in [0.4, 0.5) is 0 Å². The van der Waals surface area contributed by atoms with Gasteiger partial charge in [-0.05, 0) is 25.3 Å². The van der Waals surface area contributed by atoms with E-state index in [4.69, 9.17) is 27.9 Å². The smallest absolute Gasteiger partial charge is 0.270 e. The van der Waals surface area contributed by atoms with Gasteiger partial charge in [-0.1, -0.05) is 23.2 Å². The van der Waals surface area contributed by atoms with E-state index in [1.165, 1.54) is 0 Å². The van der Waals surface area contributed by atoms with Crippen molar-refractivity contribution in [1.82, 2.24) is 9.47 Å². The third-order valence-electron chi connectivity index (χ3n) is 4.08. The zero-order valence-electron chi connectivity index (χ0n) is 10.7. The molecule has 2 heterocycles. The molecule has 1 saturated carbocycles. The highest BCUT2D eigenvalue weighted by Gasteiger charge is 2.39. The van der Waals surface area contributed by atoms with Crippen LogP contribution in [0, 0.1) is 0 Å². The summed E-state index contributed by atoms with van der Waals surface area (Å²) >= 11 is 12.0.